The zero-order valence-electron chi connectivity index (χ0n) is 12.3. The van der Waals surface area contributed by atoms with Gasteiger partial charge >= 0.3 is 0 Å². The van der Waals surface area contributed by atoms with Crippen molar-refractivity contribution in [2.45, 2.75) is 6.54 Å². The summed E-state index contributed by atoms with van der Waals surface area (Å²) in [7, 11) is 0. The highest BCUT2D eigenvalue weighted by Gasteiger charge is 2.11. The molecule has 1 amide bonds. The second-order valence-electron chi connectivity index (χ2n) is 5.30. The topological polar surface area (TPSA) is 59.8 Å². The largest absolute Gasteiger partial charge is 0.324 e. The van der Waals surface area contributed by atoms with Crippen molar-refractivity contribution in [2.75, 3.05) is 5.32 Å². The number of carbonyl (C=O) groups is 1. The smallest absolute Gasteiger partial charge is 0.246 e. The predicted octanol–water partition coefficient (Wildman–Crippen LogP) is 3.22. The van der Waals surface area contributed by atoms with E-state index in [9.17, 15) is 4.79 Å². The lowest BCUT2D eigenvalue weighted by atomic mass is 10.2. The molecule has 2 aromatic heterocycles. The minimum absolute atomic E-state index is 0.109. The van der Waals surface area contributed by atoms with Crippen molar-refractivity contribution in [3.05, 3.63) is 67.0 Å². The van der Waals surface area contributed by atoms with Gasteiger partial charge in [-0.3, -0.25) is 14.5 Å². The first-order valence-electron chi connectivity index (χ1n) is 7.35. The van der Waals surface area contributed by atoms with E-state index in [2.05, 4.69) is 15.4 Å². The number of carbonyl (C=O) groups excluding carboxylic acids is 1. The second-order valence-corrected chi connectivity index (χ2v) is 5.30. The van der Waals surface area contributed by atoms with E-state index in [4.69, 9.17) is 0 Å². The van der Waals surface area contributed by atoms with Crippen molar-refractivity contribution >= 4 is 33.4 Å². The van der Waals surface area contributed by atoms with E-state index >= 15 is 0 Å². The highest BCUT2D eigenvalue weighted by molar-refractivity contribution is 6.03. The van der Waals surface area contributed by atoms with Crippen LogP contribution in [0.4, 0.5) is 5.69 Å². The van der Waals surface area contributed by atoms with Crippen molar-refractivity contribution in [3.63, 3.8) is 0 Å². The molecule has 5 nitrogen and oxygen atoms in total. The molecule has 0 radical (unpaired) electrons. The van der Waals surface area contributed by atoms with E-state index in [1.165, 1.54) is 0 Å². The quantitative estimate of drug-likeness (QED) is 0.632. The lowest BCUT2D eigenvalue weighted by molar-refractivity contribution is -0.116. The number of fused-ring (bicyclic) bond motifs is 3. The molecule has 112 valence electrons. The number of nitrogens with one attached hydrogen (secondary N) is 1. The van der Waals surface area contributed by atoms with E-state index < -0.39 is 0 Å². The van der Waals surface area contributed by atoms with Crippen LogP contribution in [-0.2, 0) is 11.3 Å². The summed E-state index contributed by atoms with van der Waals surface area (Å²) in [5.41, 5.74) is 2.60. The minimum Gasteiger partial charge on any atom is -0.324 e. The molecule has 0 atom stereocenters. The number of hydrogen-bond acceptors (Lipinski definition) is 3. The highest BCUT2D eigenvalue weighted by Crippen LogP contribution is 2.23. The average molecular weight is 302 g/mol. The molecule has 0 fully saturated rings. The standard InChI is InChI=1S/C18H14N4O/c23-17(21-14-6-2-1-3-7-14)12-22-18-13(11-20-22)10-19-16-9-5-4-8-15(16)18/h1-11H,12H2,(H,21,23). The van der Waals surface area contributed by atoms with Crippen LogP contribution in [0.1, 0.15) is 0 Å². The van der Waals surface area contributed by atoms with Gasteiger partial charge in [0.15, 0.2) is 0 Å². The van der Waals surface area contributed by atoms with Crippen LogP contribution in [0.3, 0.4) is 0 Å². The summed E-state index contributed by atoms with van der Waals surface area (Å²) in [6.45, 7) is 0.159. The lowest BCUT2D eigenvalue weighted by Crippen LogP contribution is -2.19. The van der Waals surface area contributed by atoms with Crippen LogP contribution >= 0.6 is 0 Å². The molecule has 0 saturated heterocycles. The summed E-state index contributed by atoms with van der Waals surface area (Å²) >= 11 is 0. The lowest BCUT2D eigenvalue weighted by Gasteiger charge is -2.07. The first-order valence-corrected chi connectivity index (χ1v) is 7.35. The number of para-hydroxylation sites is 2. The van der Waals surface area contributed by atoms with Gasteiger partial charge in [0, 0.05) is 22.7 Å². The van der Waals surface area contributed by atoms with Crippen molar-refractivity contribution < 1.29 is 4.79 Å². The maximum Gasteiger partial charge on any atom is 0.246 e. The van der Waals surface area contributed by atoms with Crippen LogP contribution in [0.5, 0.6) is 0 Å². The van der Waals surface area contributed by atoms with E-state index in [0.29, 0.717) is 0 Å². The van der Waals surface area contributed by atoms with Gasteiger partial charge in [-0.05, 0) is 18.2 Å². The molecule has 1 N–H and O–H groups in total. The summed E-state index contributed by atoms with van der Waals surface area (Å²) in [6, 6.07) is 17.3. The fourth-order valence-electron chi connectivity index (χ4n) is 2.69. The summed E-state index contributed by atoms with van der Waals surface area (Å²) in [5.74, 6) is -0.109. The third kappa shape index (κ3) is 2.53. The van der Waals surface area contributed by atoms with Gasteiger partial charge in [0.05, 0.1) is 17.2 Å². The number of aromatic nitrogens is 3. The van der Waals surface area contributed by atoms with Crippen LogP contribution in [0.2, 0.25) is 0 Å². The first-order chi connectivity index (χ1) is 11.3. The molecule has 0 bridgehead atoms. The van der Waals surface area contributed by atoms with E-state index in [1.54, 1.807) is 17.1 Å². The molecule has 4 rings (SSSR count). The van der Waals surface area contributed by atoms with Crippen molar-refractivity contribution in [2.24, 2.45) is 0 Å². The minimum atomic E-state index is -0.109. The summed E-state index contributed by atoms with van der Waals surface area (Å²) in [6.07, 6.45) is 3.53. The Hall–Kier alpha value is -3.21. The van der Waals surface area contributed by atoms with Gasteiger partial charge in [-0.15, -0.1) is 0 Å². The zero-order chi connectivity index (χ0) is 15.6. The Balaban J connectivity index is 1.69. The number of pyridine rings is 1. The molecule has 0 aliphatic heterocycles. The van der Waals surface area contributed by atoms with Gasteiger partial charge in [0.2, 0.25) is 5.91 Å². The van der Waals surface area contributed by atoms with Crippen LogP contribution in [-0.4, -0.2) is 20.7 Å². The van der Waals surface area contributed by atoms with Crippen LogP contribution in [0.25, 0.3) is 21.8 Å². The number of amides is 1. The Morgan fingerprint density at radius 1 is 1.00 bits per heavy atom. The number of benzene rings is 2. The SMILES string of the molecule is O=C(Cn1ncc2cnc3ccccc3c21)Nc1ccccc1. The molecular formula is C18H14N4O. The Morgan fingerprint density at radius 2 is 1.78 bits per heavy atom. The van der Waals surface area contributed by atoms with Gasteiger partial charge in [0.1, 0.15) is 6.54 Å². The molecule has 0 spiro atoms. The van der Waals surface area contributed by atoms with Gasteiger partial charge in [-0.2, -0.15) is 5.10 Å². The van der Waals surface area contributed by atoms with Crippen LogP contribution < -0.4 is 5.32 Å². The molecule has 2 heterocycles. The highest BCUT2D eigenvalue weighted by atomic mass is 16.2. The fraction of sp³-hybridized carbons (Fsp3) is 0.0556. The molecule has 4 aromatic rings. The molecule has 2 aromatic carbocycles. The van der Waals surface area contributed by atoms with E-state index in [1.807, 2.05) is 54.6 Å². The molecular weight excluding hydrogens is 288 g/mol. The maximum atomic E-state index is 12.3. The van der Waals surface area contributed by atoms with Gasteiger partial charge in [-0.25, -0.2) is 0 Å². The van der Waals surface area contributed by atoms with Crippen LogP contribution in [0.15, 0.2) is 67.0 Å². The first kappa shape index (κ1) is 13.5. The Labute approximate surface area is 132 Å². The maximum absolute atomic E-state index is 12.3. The Morgan fingerprint density at radius 3 is 2.65 bits per heavy atom. The third-order valence-electron chi connectivity index (χ3n) is 3.72. The average Bonchev–Trinajstić information content (AvgIpc) is 2.99. The monoisotopic (exact) mass is 302 g/mol. The fourth-order valence-corrected chi connectivity index (χ4v) is 2.69. The third-order valence-corrected chi connectivity index (χ3v) is 3.72. The van der Waals surface area contributed by atoms with Crippen molar-refractivity contribution in [3.8, 4) is 0 Å². The van der Waals surface area contributed by atoms with Crippen LogP contribution in [0, 0.1) is 0 Å². The van der Waals surface area contributed by atoms with Gasteiger partial charge in [0.25, 0.3) is 0 Å². The summed E-state index contributed by atoms with van der Waals surface area (Å²) in [5, 5.41) is 9.14. The molecule has 23 heavy (non-hydrogen) atoms. The summed E-state index contributed by atoms with van der Waals surface area (Å²) < 4.78 is 1.72. The number of rotatable bonds is 3. The molecule has 0 saturated carbocycles. The molecule has 0 aliphatic carbocycles. The van der Waals surface area contributed by atoms with Crippen molar-refractivity contribution in [1.29, 1.82) is 0 Å². The summed E-state index contributed by atoms with van der Waals surface area (Å²) in [4.78, 5) is 16.7. The van der Waals surface area contributed by atoms with Gasteiger partial charge < -0.3 is 5.32 Å². The van der Waals surface area contributed by atoms with E-state index in [-0.39, 0.29) is 12.5 Å². The molecule has 0 unspecified atom stereocenters. The Bertz CT molecular complexity index is 992. The van der Waals surface area contributed by atoms with E-state index in [0.717, 1.165) is 27.5 Å². The number of anilines is 1. The number of nitrogens with zero attached hydrogens (tertiary/aromatic N) is 3. The Kier molecular flexibility index (Phi) is 3.24. The number of hydrogen-bond donors (Lipinski definition) is 1. The predicted molar refractivity (Wildman–Crippen MR) is 90.1 cm³/mol. The normalized spacial score (nSPS) is 11.0. The molecule has 0 aliphatic rings. The zero-order valence-corrected chi connectivity index (χ0v) is 12.3. The molecule has 5 heteroatoms. The van der Waals surface area contributed by atoms with Gasteiger partial charge in [-0.1, -0.05) is 36.4 Å². The van der Waals surface area contributed by atoms with Crippen molar-refractivity contribution in [1.82, 2.24) is 14.8 Å². The second kappa shape index (κ2) is 5.53.